The van der Waals surface area contributed by atoms with Gasteiger partial charge in [-0.05, 0) is 12.8 Å². The van der Waals surface area contributed by atoms with Gasteiger partial charge in [0, 0.05) is 7.11 Å². The summed E-state index contributed by atoms with van der Waals surface area (Å²) in [5.74, 6) is 0.315. The number of hydrogen-bond acceptors (Lipinski definition) is 3. The van der Waals surface area contributed by atoms with Crippen molar-refractivity contribution in [3.8, 4) is 0 Å². The topological polar surface area (TPSA) is 38.7 Å². The van der Waals surface area contributed by atoms with E-state index in [1.165, 1.54) is 0 Å². The van der Waals surface area contributed by atoms with Gasteiger partial charge in [-0.2, -0.15) is 0 Å². The standard InChI is InChI=1S/C9H18O3/c1-8(4-5-9(2)10)6-12-7-11-3/h4-5,8-10H,6-7H2,1-3H3/b5-4-/t8-,9-/m1/s1. The van der Waals surface area contributed by atoms with Crippen molar-refractivity contribution >= 4 is 0 Å². The fourth-order valence-corrected chi connectivity index (χ4v) is 0.723. The monoisotopic (exact) mass is 174 g/mol. The minimum absolute atomic E-state index is 0.315. The Morgan fingerprint density at radius 1 is 1.33 bits per heavy atom. The molecule has 0 amide bonds. The van der Waals surface area contributed by atoms with Gasteiger partial charge in [-0.1, -0.05) is 19.1 Å². The van der Waals surface area contributed by atoms with Gasteiger partial charge >= 0.3 is 0 Å². The highest BCUT2D eigenvalue weighted by Gasteiger charge is 1.96. The van der Waals surface area contributed by atoms with Crippen molar-refractivity contribution in [2.24, 2.45) is 5.92 Å². The second-order valence-electron chi connectivity index (χ2n) is 2.88. The number of aliphatic hydroxyl groups is 1. The van der Waals surface area contributed by atoms with Crippen LogP contribution in [0.1, 0.15) is 13.8 Å². The van der Waals surface area contributed by atoms with Crippen molar-refractivity contribution in [3.63, 3.8) is 0 Å². The molecule has 0 spiro atoms. The fourth-order valence-electron chi connectivity index (χ4n) is 0.723. The highest BCUT2D eigenvalue weighted by Crippen LogP contribution is 1.99. The molecule has 0 aliphatic rings. The Morgan fingerprint density at radius 2 is 2.00 bits per heavy atom. The van der Waals surface area contributed by atoms with E-state index in [2.05, 4.69) is 0 Å². The Kier molecular flexibility index (Phi) is 7.05. The maximum atomic E-state index is 8.92. The SMILES string of the molecule is COCOC[C@H](C)/C=C\[C@@H](C)O. The summed E-state index contributed by atoms with van der Waals surface area (Å²) in [5.41, 5.74) is 0. The molecule has 0 aromatic carbocycles. The van der Waals surface area contributed by atoms with Gasteiger partial charge in [0.1, 0.15) is 6.79 Å². The second kappa shape index (κ2) is 7.28. The molecule has 0 heterocycles. The van der Waals surface area contributed by atoms with Gasteiger partial charge in [0.2, 0.25) is 0 Å². The predicted molar refractivity (Wildman–Crippen MR) is 47.8 cm³/mol. The van der Waals surface area contributed by atoms with Crippen LogP contribution in [-0.4, -0.2) is 31.7 Å². The van der Waals surface area contributed by atoms with E-state index in [4.69, 9.17) is 14.6 Å². The number of aliphatic hydroxyl groups excluding tert-OH is 1. The van der Waals surface area contributed by atoms with E-state index in [1.54, 1.807) is 20.1 Å². The number of rotatable bonds is 6. The molecular formula is C9H18O3. The molecule has 0 aromatic rings. The molecule has 12 heavy (non-hydrogen) atoms. The zero-order chi connectivity index (χ0) is 9.40. The average Bonchev–Trinajstić information content (AvgIpc) is 2.01. The van der Waals surface area contributed by atoms with Crippen molar-refractivity contribution < 1.29 is 14.6 Å². The summed E-state index contributed by atoms with van der Waals surface area (Å²) in [6.07, 6.45) is 3.30. The molecule has 3 nitrogen and oxygen atoms in total. The number of ether oxygens (including phenoxy) is 2. The highest BCUT2D eigenvalue weighted by atomic mass is 16.7. The first-order chi connectivity index (χ1) is 5.66. The first-order valence-electron chi connectivity index (χ1n) is 4.10. The summed E-state index contributed by atoms with van der Waals surface area (Å²) in [5, 5.41) is 8.92. The molecule has 0 radical (unpaired) electrons. The van der Waals surface area contributed by atoms with Crippen LogP contribution in [0.5, 0.6) is 0 Å². The van der Waals surface area contributed by atoms with Gasteiger partial charge in [0.15, 0.2) is 0 Å². The van der Waals surface area contributed by atoms with Crippen LogP contribution in [0.15, 0.2) is 12.2 Å². The third-order valence-corrected chi connectivity index (χ3v) is 1.30. The van der Waals surface area contributed by atoms with Crippen molar-refractivity contribution in [1.82, 2.24) is 0 Å². The van der Waals surface area contributed by atoms with E-state index in [1.807, 2.05) is 13.0 Å². The predicted octanol–water partition coefficient (Wildman–Crippen LogP) is 1.18. The smallest absolute Gasteiger partial charge is 0.146 e. The molecule has 0 aromatic heterocycles. The van der Waals surface area contributed by atoms with Gasteiger partial charge in [-0.25, -0.2) is 0 Å². The van der Waals surface area contributed by atoms with Crippen LogP contribution in [0.3, 0.4) is 0 Å². The minimum atomic E-state index is -0.380. The van der Waals surface area contributed by atoms with Crippen molar-refractivity contribution in [2.45, 2.75) is 20.0 Å². The summed E-state index contributed by atoms with van der Waals surface area (Å²) in [6.45, 7) is 4.69. The first kappa shape index (κ1) is 11.6. The van der Waals surface area contributed by atoms with Crippen LogP contribution in [0.4, 0.5) is 0 Å². The van der Waals surface area contributed by atoms with Gasteiger partial charge in [-0.3, -0.25) is 0 Å². The molecule has 0 aliphatic heterocycles. The summed E-state index contributed by atoms with van der Waals surface area (Å²) in [4.78, 5) is 0. The molecule has 1 N–H and O–H groups in total. The summed E-state index contributed by atoms with van der Waals surface area (Å²) in [6, 6.07) is 0. The van der Waals surface area contributed by atoms with E-state index in [0.717, 1.165) is 0 Å². The molecular weight excluding hydrogens is 156 g/mol. The molecule has 0 saturated carbocycles. The average molecular weight is 174 g/mol. The van der Waals surface area contributed by atoms with Crippen molar-refractivity contribution in [2.75, 3.05) is 20.5 Å². The second-order valence-corrected chi connectivity index (χ2v) is 2.88. The van der Waals surface area contributed by atoms with E-state index >= 15 is 0 Å². The van der Waals surface area contributed by atoms with Crippen molar-refractivity contribution in [1.29, 1.82) is 0 Å². The quantitative estimate of drug-likeness (QED) is 0.373. The van der Waals surface area contributed by atoms with E-state index in [0.29, 0.717) is 19.3 Å². The highest BCUT2D eigenvalue weighted by molar-refractivity contribution is 4.89. The van der Waals surface area contributed by atoms with E-state index < -0.39 is 0 Å². The van der Waals surface area contributed by atoms with Crippen LogP contribution in [-0.2, 0) is 9.47 Å². The van der Waals surface area contributed by atoms with E-state index in [9.17, 15) is 0 Å². The number of methoxy groups -OCH3 is 1. The molecule has 0 rings (SSSR count). The molecule has 0 bridgehead atoms. The van der Waals surface area contributed by atoms with E-state index in [-0.39, 0.29) is 6.10 Å². The molecule has 0 aliphatic carbocycles. The zero-order valence-electron chi connectivity index (χ0n) is 7.99. The van der Waals surface area contributed by atoms with Gasteiger partial charge in [-0.15, -0.1) is 0 Å². The Balaban J connectivity index is 3.38. The van der Waals surface area contributed by atoms with Crippen LogP contribution in [0.25, 0.3) is 0 Å². The maximum absolute atomic E-state index is 8.92. The number of hydrogen-bond donors (Lipinski definition) is 1. The van der Waals surface area contributed by atoms with Crippen LogP contribution >= 0.6 is 0 Å². The van der Waals surface area contributed by atoms with Gasteiger partial charge in [0.25, 0.3) is 0 Å². The summed E-state index contributed by atoms with van der Waals surface area (Å²) in [7, 11) is 1.59. The Labute approximate surface area is 74.0 Å². The van der Waals surface area contributed by atoms with Gasteiger partial charge in [0.05, 0.1) is 12.7 Å². The van der Waals surface area contributed by atoms with Crippen LogP contribution in [0.2, 0.25) is 0 Å². The lowest BCUT2D eigenvalue weighted by Gasteiger charge is -2.06. The first-order valence-corrected chi connectivity index (χ1v) is 4.10. The minimum Gasteiger partial charge on any atom is -0.389 e. The summed E-state index contributed by atoms with van der Waals surface area (Å²) >= 11 is 0. The fraction of sp³-hybridized carbons (Fsp3) is 0.778. The third kappa shape index (κ3) is 7.72. The lowest BCUT2D eigenvalue weighted by molar-refractivity contribution is -0.0371. The maximum Gasteiger partial charge on any atom is 0.146 e. The van der Waals surface area contributed by atoms with Crippen molar-refractivity contribution in [3.05, 3.63) is 12.2 Å². The molecule has 3 heteroatoms. The van der Waals surface area contributed by atoms with Crippen LogP contribution in [0, 0.1) is 5.92 Å². The molecule has 0 fully saturated rings. The van der Waals surface area contributed by atoms with Gasteiger partial charge < -0.3 is 14.6 Å². The molecule has 2 atom stereocenters. The zero-order valence-corrected chi connectivity index (χ0v) is 7.99. The Bertz CT molecular complexity index is 121. The molecule has 0 saturated heterocycles. The lowest BCUT2D eigenvalue weighted by Crippen LogP contribution is -2.06. The molecule has 72 valence electrons. The normalized spacial score (nSPS) is 16.7. The van der Waals surface area contributed by atoms with Crippen LogP contribution < -0.4 is 0 Å². The third-order valence-electron chi connectivity index (χ3n) is 1.30. The summed E-state index contributed by atoms with van der Waals surface area (Å²) < 4.78 is 9.84. The lowest BCUT2D eigenvalue weighted by atomic mass is 10.1. The Morgan fingerprint density at radius 3 is 2.50 bits per heavy atom. The molecule has 0 unspecified atom stereocenters. The Hall–Kier alpha value is -0.380. The largest absolute Gasteiger partial charge is 0.389 e.